The second-order valence-electron chi connectivity index (χ2n) is 30.6. The SMILES string of the molecule is C=CC(=O)Cl.C=CC(=O)N1CCN(C)CC1.CN1CCN(C(=O)/C=C/c2cnc3oc4c(N5CCOCC5)nc(-c5cccc6[nH]ccc56)nc4c3c2)CC1.CN1CCN(C(=O)/C=C/c2cnc3oc4c(N5CCOCC5)nc(Cl)nc4c3c2)CC1.CN1CCNCC1.Clc1nc(N2CCOCC2)c2oc3ncc(Br)cc3c2n1.F.OB(O)c1cccc2[nH]ccc12. The number of likely N-dealkylation sites (N-methyl/N-ethyl adjacent to an activating group) is 4. The number of morpholine rings is 3. The lowest BCUT2D eigenvalue weighted by molar-refractivity contribution is -0.128. The van der Waals surface area contributed by atoms with E-state index in [0.29, 0.717) is 139 Å². The lowest BCUT2D eigenvalue weighted by atomic mass is 9.78. The Labute approximate surface area is 754 Å². The van der Waals surface area contributed by atoms with Crippen LogP contribution in [-0.4, -0.2) is 341 Å². The van der Waals surface area contributed by atoms with E-state index in [9.17, 15) is 19.2 Å². The zero-order chi connectivity index (χ0) is 88.3. The minimum Gasteiger partial charge on any atom is -0.432 e. The fourth-order valence-corrected chi connectivity index (χ4v) is 15.6. The van der Waals surface area contributed by atoms with E-state index in [2.05, 4.69) is 142 Å². The van der Waals surface area contributed by atoms with Crippen molar-refractivity contribution in [1.29, 1.82) is 0 Å². The number of rotatable bonds is 11. The Morgan fingerprint density at radius 1 is 0.465 bits per heavy atom. The molecule has 11 aromatic heterocycles. The predicted molar refractivity (Wildman–Crippen MR) is 498 cm³/mol. The van der Waals surface area contributed by atoms with E-state index < -0.39 is 12.4 Å². The zero-order valence-electron chi connectivity index (χ0n) is 70.9. The number of ether oxygens (including phenoxy) is 3. The number of aromatic amines is 2. The summed E-state index contributed by atoms with van der Waals surface area (Å²) in [7, 11) is 6.96. The Kier molecular flexibility index (Phi) is 32.9. The normalized spacial score (nSPS) is 16.8. The van der Waals surface area contributed by atoms with E-state index in [4.69, 9.17) is 82.3 Å². The molecule has 127 heavy (non-hydrogen) atoms. The zero-order valence-corrected chi connectivity index (χ0v) is 74.7. The van der Waals surface area contributed by atoms with Crippen LogP contribution in [0.15, 0.2) is 153 Å². The first-order chi connectivity index (χ1) is 61.1. The monoisotopic (exact) mass is 1860 g/mol. The molecule has 668 valence electrons. The van der Waals surface area contributed by atoms with Gasteiger partial charge in [0, 0.05) is 214 Å². The van der Waals surface area contributed by atoms with Gasteiger partial charge in [-0.1, -0.05) is 37.4 Å². The molecule has 7 aliphatic heterocycles. The van der Waals surface area contributed by atoms with E-state index in [1.54, 1.807) is 55.1 Å². The molecule has 3 amide bonds. The summed E-state index contributed by atoms with van der Waals surface area (Å²) >= 11 is 20.4. The fourth-order valence-electron chi connectivity index (χ4n) is 14.9. The number of carbonyl (C=O) groups is 4. The van der Waals surface area contributed by atoms with Crippen molar-refractivity contribution < 1.29 is 61.4 Å². The molecule has 0 saturated carbocycles. The molecule has 0 aliphatic carbocycles. The van der Waals surface area contributed by atoms with Crippen LogP contribution >= 0.6 is 50.7 Å². The van der Waals surface area contributed by atoms with Gasteiger partial charge >= 0.3 is 7.12 Å². The number of carbonyl (C=O) groups excluding carboxylic acids is 4. The summed E-state index contributed by atoms with van der Waals surface area (Å²) in [4.78, 5) is 114. The number of hydrogen-bond donors (Lipinski definition) is 5. The van der Waals surface area contributed by atoms with Gasteiger partial charge in [0.2, 0.25) is 50.7 Å². The third-order valence-electron chi connectivity index (χ3n) is 22.0. The van der Waals surface area contributed by atoms with Crippen molar-refractivity contribution in [3.8, 4) is 11.4 Å². The van der Waals surface area contributed by atoms with Crippen LogP contribution in [0.25, 0.3) is 112 Å². The molecular formula is C87H100BBrCl3FN22O12. The van der Waals surface area contributed by atoms with Gasteiger partial charge in [-0.3, -0.25) is 23.9 Å². The summed E-state index contributed by atoms with van der Waals surface area (Å²) in [6, 6.07) is 21.1. The molecule has 7 fully saturated rings. The van der Waals surface area contributed by atoms with E-state index in [0.717, 1.165) is 176 Å². The van der Waals surface area contributed by atoms with Gasteiger partial charge in [-0.15, -0.1) is 0 Å². The number of allylic oxidation sites excluding steroid dienone is 1. The van der Waals surface area contributed by atoms with E-state index in [-0.39, 0.29) is 33.0 Å². The summed E-state index contributed by atoms with van der Waals surface area (Å²) in [6.07, 6.45) is 18.0. The smallest absolute Gasteiger partial charge is 0.432 e. The van der Waals surface area contributed by atoms with Crippen LogP contribution in [0.3, 0.4) is 0 Å². The molecular weight excluding hydrogens is 1760 g/mol. The van der Waals surface area contributed by atoms with Crippen molar-refractivity contribution in [3.05, 3.63) is 161 Å². The van der Waals surface area contributed by atoms with Gasteiger partial charge in [-0.2, -0.15) is 9.97 Å². The molecule has 18 heterocycles. The molecule has 7 saturated heterocycles. The highest BCUT2D eigenvalue weighted by Gasteiger charge is 2.29. The molecule has 34 nitrogen and oxygen atoms in total. The molecule has 20 rings (SSSR count). The van der Waals surface area contributed by atoms with Gasteiger partial charge in [-0.05, 0) is 168 Å². The maximum absolute atomic E-state index is 12.8. The van der Waals surface area contributed by atoms with Crippen LogP contribution in [-0.2, 0) is 33.4 Å². The molecule has 40 heteroatoms. The van der Waals surface area contributed by atoms with Gasteiger partial charge < -0.3 is 102 Å². The number of aromatic nitrogens is 11. The number of fused-ring (bicyclic) bond motifs is 11. The van der Waals surface area contributed by atoms with Gasteiger partial charge in [-0.25, -0.2) is 34.9 Å². The van der Waals surface area contributed by atoms with Crippen molar-refractivity contribution in [2.75, 3.05) is 227 Å². The quantitative estimate of drug-likeness (QED) is 0.0349. The summed E-state index contributed by atoms with van der Waals surface area (Å²) in [5.41, 5.74) is 10.3. The standard InChI is InChI=1S/C29H29N7O3.C21H23ClN6O3.C13H10BrClN4O2.C8H8BNO2.C8H14N2O.C5H12N2.C3H3ClO.FH/c1-34-9-11-35(12-10-34)24(37)6-5-19-17-22-25-26(39-29(22)31-18-19)28(36-13-15-38-16-14-36)33-27(32-25)21-3-2-4-23-20(21)7-8-30-23;1-26-4-6-27(7-5-26)16(29)3-2-14-12-15-17-18(31-20(15)23-13-14)19(25-21(22)24-17)28-8-10-30-11-9-28;14-7-5-8-9-10(21-12(8)16-6-7)11(18-13(15)17-9)19-1-3-20-4-2-19;11-9(12)7-2-1-3-8-6(7)4-5-10-8;1-3-8(11)10-6-4-9(2)5-7-10;1-7-4-2-6-3-5-7;1-2-3(4)5;/h2-8,17-18,30H,9-16H2,1H3;2-3,12-13H,4-11H2,1H3;5-6H,1-4H2;1-5,10-12H;3H,1,4-7H2,2H3;6H,2-5H2,1H3;2H,1H2;1H/b6-5+;3-2+;;;;;;. The minimum atomic E-state index is -1.40. The molecule has 0 spiro atoms. The van der Waals surface area contributed by atoms with Gasteiger partial charge in [0.1, 0.15) is 16.6 Å². The summed E-state index contributed by atoms with van der Waals surface area (Å²) in [6.45, 7) is 29.5. The van der Waals surface area contributed by atoms with Gasteiger partial charge in [0.15, 0.2) is 40.0 Å². The van der Waals surface area contributed by atoms with E-state index in [1.165, 1.54) is 19.2 Å². The Hall–Kier alpha value is -11.0. The van der Waals surface area contributed by atoms with Crippen molar-refractivity contribution in [2.24, 2.45) is 0 Å². The minimum absolute atomic E-state index is 0. The van der Waals surface area contributed by atoms with E-state index in [1.807, 2.05) is 81.6 Å². The Balaban J connectivity index is 0.000000139. The summed E-state index contributed by atoms with van der Waals surface area (Å²) < 4.78 is 35.4. The molecule has 13 aromatic rings. The van der Waals surface area contributed by atoms with Crippen molar-refractivity contribution >= 4 is 204 Å². The number of nitrogens with zero attached hydrogens (tertiary/aromatic N) is 19. The van der Waals surface area contributed by atoms with Crippen LogP contribution in [0, 0.1) is 0 Å². The number of amides is 3. The maximum Gasteiger partial charge on any atom is 0.489 e. The topological polar surface area (TPSA) is 368 Å². The lowest BCUT2D eigenvalue weighted by Crippen LogP contribution is -2.46. The number of hydrogen-bond acceptors (Lipinski definition) is 29. The van der Waals surface area contributed by atoms with Crippen LogP contribution in [0.2, 0.25) is 10.6 Å². The third-order valence-corrected chi connectivity index (χ3v) is 23.0. The lowest BCUT2D eigenvalue weighted by Gasteiger charge is -2.31. The van der Waals surface area contributed by atoms with Crippen LogP contribution < -0.4 is 25.5 Å². The molecule has 7 aliphatic rings. The first-order valence-corrected chi connectivity index (χ1v) is 43.4. The van der Waals surface area contributed by atoms with Gasteiger partial charge in [0.05, 0.1) is 55.8 Å². The summed E-state index contributed by atoms with van der Waals surface area (Å²) in [5, 5.41) is 25.3. The van der Waals surface area contributed by atoms with Crippen LogP contribution in [0.5, 0.6) is 0 Å². The molecule has 0 atom stereocenters. The number of nitrogens with one attached hydrogen (secondary N) is 3. The Morgan fingerprint density at radius 3 is 1.27 bits per heavy atom. The van der Waals surface area contributed by atoms with Gasteiger partial charge in [0.25, 0.3) is 0 Å². The average Bonchev–Trinajstić information content (AvgIpc) is 1.59. The average molecular weight is 1860 g/mol. The van der Waals surface area contributed by atoms with Crippen molar-refractivity contribution in [3.63, 3.8) is 0 Å². The van der Waals surface area contributed by atoms with Crippen molar-refractivity contribution in [2.45, 2.75) is 0 Å². The molecule has 2 aromatic carbocycles. The number of anilines is 3. The highest BCUT2D eigenvalue weighted by Crippen LogP contribution is 2.39. The van der Waals surface area contributed by atoms with Crippen LogP contribution in [0.1, 0.15) is 11.1 Å². The number of halogens is 5. The fraction of sp³-hybridized carbons (Fsp3) is 0.368. The molecule has 5 N–H and O–H groups in total. The van der Waals surface area contributed by atoms with E-state index >= 15 is 0 Å². The third kappa shape index (κ3) is 23.9. The molecule has 0 bridgehead atoms. The first-order valence-electron chi connectivity index (χ1n) is 41.5. The van der Waals surface area contributed by atoms with Crippen molar-refractivity contribution in [1.82, 2.24) is 94.4 Å². The molecule has 0 radical (unpaired) electrons. The second kappa shape index (κ2) is 44.6. The van der Waals surface area contributed by atoms with Crippen LogP contribution in [0.4, 0.5) is 22.2 Å². The highest BCUT2D eigenvalue weighted by atomic mass is 79.9. The predicted octanol–water partition coefficient (Wildman–Crippen LogP) is 9.02. The number of pyridine rings is 3. The summed E-state index contributed by atoms with van der Waals surface area (Å²) in [5.74, 6) is 2.79. The highest BCUT2D eigenvalue weighted by molar-refractivity contribution is 9.10. The Morgan fingerprint density at radius 2 is 0.850 bits per heavy atom. The number of furan rings is 3. The first kappa shape index (κ1) is 93.6. The second-order valence-corrected chi connectivity index (χ2v) is 32.6. The number of H-pyrrole nitrogens is 2. The number of benzene rings is 2. The molecule has 0 unspecified atom stereocenters. The Bertz CT molecular complexity index is 6050. The largest absolute Gasteiger partial charge is 0.489 e. The number of piperazine rings is 4. The maximum atomic E-state index is 12.8.